The molecular weight excluding hydrogens is 208 g/mol. The van der Waals surface area contributed by atoms with E-state index in [0.717, 1.165) is 11.1 Å². The molecule has 1 aromatic carbocycles. The number of aryl methyl sites for hydroxylation is 1. The Kier molecular flexibility index (Phi) is 2.52. The lowest BCUT2D eigenvalue weighted by Crippen LogP contribution is -2.18. The van der Waals surface area contributed by atoms with Crippen molar-refractivity contribution in [3.8, 4) is 0 Å². The lowest BCUT2D eigenvalue weighted by atomic mass is 10.2. The Hall–Kier alpha value is -2.04. The maximum atomic E-state index is 11.2. The molecule has 0 fully saturated rings. The fourth-order valence-electron chi connectivity index (χ4n) is 1.51. The molecule has 0 spiro atoms. The normalized spacial score (nSPS) is 10.6. The average Bonchev–Trinajstić information content (AvgIpc) is 2.52. The molecule has 0 aliphatic carbocycles. The van der Waals surface area contributed by atoms with Crippen LogP contribution in [0.4, 0.5) is 0 Å². The molecule has 0 atom stereocenters. The summed E-state index contributed by atoms with van der Waals surface area (Å²) in [4.78, 5) is 22.0. The third-order valence-electron chi connectivity index (χ3n) is 2.40. The van der Waals surface area contributed by atoms with Crippen LogP contribution in [0.15, 0.2) is 27.4 Å². The maximum absolute atomic E-state index is 11.2. The van der Waals surface area contributed by atoms with E-state index in [1.54, 1.807) is 13.1 Å². The third-order valence-corrected chi connectivity index (χ3v) is 2.40. The Balaban J connectivity index is 2.39. The van der Waals surface area contributed by atoms with E-state index in [1.165, 1.54) is 11.5 Å². The van der Waals surface area contributed by atoms with E-state index in [9.17, 15) is 9.59 Å². The summed E-state index contributed by atoms with van der Waals surface area (Å²) in [5, 5.41) is 2.70. The average molecular weight is 220 g/mol. The van der Waals surface area contributed by atoms with Gasteiger partial charge in [0.25, 0.3) is 0 Å². The van der Waals surface area contributed by atoms with Crippen molar-refractivity contribution in [1.29, 1.82) is 0 Å². The summed E-state index contributed by atoms with van der Waals surface area (Å²) in [5.41, 5.74) is 2.21. The van der Waals surface area contributed by atoms with Crippen LogP contribution in [0.1, 0.15) is 12.5 Å². The van der Waals surface area contributed by atoms with Gasteiger partial charge >= 0.3 is 5.76 Å². The van der Waals surface area contributed by atoms with E-state index in [1.807, 2.05) is 12.1 Å². The second-order valence-electron chi connectivity index (χ2n) is 3.64. The van der Waals surface area contributed by atoms with Gasteiger partial charge in [-0.15, -0.1) is 0 Å². The van der Waals surface area contributed by atoms with E-state index in [2.05, 4.69) is 5.32 Å². The minimum Gasteiger partial charge on any atom is -0.408 e. The van der Waals surface area contributed by atoms with Crippen LogP contribution in [0.2, 0.25) is 0 Å². The first-order valence-corrected chi connectivity index (χ1v) is 4.91. The number of nitrogens with one attached hydrogen (secondary N) is 1. The molecule has 84 valence electrons. The van der Waals surface area contributed by atoms with Crippen molar-refractivity contribution in [2.45, 2.75) is 13.5 Å². The van der Waals surface area contributed by atoms with Crippen molar-refractivity contribution in [3.05, 3.63) is 34.3 Å². The second kappa shape index (κ2) is 3.84. The largest absolute Gasteiger partial charge is 0.419 e. The molecule has 0 saturated carbocycles. The van der Waals surface area contributed by atoms with Gasteiger partial charge in [-0.25, -0.2) is 4.79 Å². The van der Waals surface area contributed by atoms with Gasteiger partial charge in [-0.1, -0.05) is 6.07 Å². The van der Waals surface area contributed by atoms with Crippen LogP contribution in [0.5, 0.6) is 0 Å². The van der Waals surface area contributed by atoms with Crippen molar-refractivity contribution < 1.29 is 9.21 Å². The summed E-state index contributed by atoms with van der Waals surface area (Å²) in [7, 11) is 1.65. The zero-order valence-corrected chi connectivity index (χ0v) is 9.11. The summed E-state index contributed by atoms with van der Waals surface area (Å²) in [6, 6.07) is 5.38. The molecule has 1 aromatic heterocycles. The number of hydrogen-bond donors (Lipinski definition) is 1. The number of hydrogen-bond acceptors (Lipinski definition) is 3. The molecule has 0 unspecified atom stereocenters. The Morgan fingerprint density at radius 2 is 2.25 bits per heavy atom. The highest BCUT2D eigenvalue weighted by molar-refractivity contribution is 5.75. The smallest absolute Gasteiger partial charge is 0.408 e. The summed E-state index contributed by atoms with van der Waals surface area (Å²) < 4.78 is 6.44. The van der Waals surface area contributed by atoms with Gasteiger partial charge in [0.15, 0.2) is 5.58 Å². The van der Waals surface area contributed by atoms with Crippen molar-refractivity contribution in [2.24, 2.45) is 7.05 Å². The van der Waals surface area contributed by atoms with Gasteiger partial charge in [0, 0.05) is 20.5 Å². The molecule has 0 aliphatic rings. The van der Waals surface area contributed by atoms with E-state index in [0.29, 0.717) is 12.1 Å². The second-order valence-corrected chi connectivity index (χ2v) is 3.64. The number of carbonyl (C=O) groups is 1. The van der Waals surface area contributed by atoms with Gasteiger partial charge in [0.2, 0.25) is 5.91 Å². The zero-order chi connectivity index (χ0) is 11.7. The SMILES string of the molecule is CC(=O)NCc1ccc2oc(=O)n(C)c2c1. The molecular formula is C11H12N2O3. The lowest BCUT2D eigenvalue weighted by Gasteiger charge is -2.02. The van der Waals surface area contributed by atoms with Gasteiger partial charge in [-0.05, 0) is 17.7 Å². The highest BCUT2D eigenvalue weighted by atomic mass is 16.4. The Labute approximate surface area is 91.7 Å². The van der Waals surface area contributed by atoms with Crippen molar-refractivity contribution in [2.75, 3.05) is 0 Å². The number of oxazole rings is 1. The van der Waals surface area contributed by atoms with E-state index in [4.69, 9.17) is 4.42 Å². The third kappa shape index (κ3) is 1.84. The predicted octanol–water partition coefficient (Wildman–Crippen LogP) is 0.768. The van der Waals surface area contributed by atoms with Gasteiger partial charge in [0.1, 0.15) is 0 Å². The first-order valence-electron chi connectivity index (χ1n) is 4.91. The number of carbonyl (C=O) groups excluding carboxylic acids is 1. The van der Waals surface area contributed by atoms with E-state index >= 15 is 0 Å². The van der Waals surface area contributed by atoms with Crippen LogP contribution >= 0.6 is 0 Å². The first-order chi connectivity index (χ1) is 7.58. The minimum atomic E-state index is -0.383. The summed E-state index contributed by atoms with van der Waals surface area (Å²) in [6.45, 7) is 1.91. The topological polar surface area (TPSA) is 64.2 Å². The van der Waals surface area contributed by atoms with Gasteiger partial charge in [-0.3, -0.25) is 9.36 Å². The molecule has 0 bridgehead atoms. The van der Waals surface area contributed by atoms with E-state index in [-0.39, 0.29) is 11.7 Å². The van der Waals surface area contributed by atoms with Crippen molar-refractivity contribution in [3.63, 3.8) is 0 Å². The van der Waals surface area contributed by atoms with Crippen LogP contribution < -0.4 is 11.1 Å². The number of aromatic nitrogens is 1. The Morgan fingerprint density at radius 3 is 2.94 bits per heavy atom. The minimum absolute atomic E-state index is 0.0822. The number of amides is 1. The molecule has 5 nitrogen and oxygen atoms in total. The molecule has 1 amide bonds. The Morgan fingerprint density at radius 1 is 1.50 bits per heavy atom. The lowest BCUT2D eigenvalue weighted by molar-refractivity contribution is -0.119. The fraction of sp³-hybridized carbons (Fsp3) is 0.273. The van der Waals surface area contributed by atoms with Crippen LogP contribution in [0.25, 0.3) is 11.1 Å². The van der Waals surface area contributed by atoms with E-state index < -0.39 is 0 Å². The highest BCUT2D eigenvalue weighted by Gasteiger charge is 2.06. The summed E-state index contributed by atoms with van der Waals surface area (Å²) in [6.07, 6.45) is 0. The summed E-state index contributed by atoms with van der Waals surface area (Å²) in [5.74, 6) is -0.465. The number of nitrogens with zero attached hydrogens (tertiary/aromatic N) is 1. The molecule has 1 N–H and O–H groups in total. The quantitative estimate of drug-likeness (QED) is 0.812. The zero-order valence-electron chi connectivity index (χ0n) is 9.11. The number of benzene rings is 1. The molecule has 2 aromatic rings. The van der Waals surface area contributed by atoms with Crippen LogP contribution in [0, 0.1) is 0 Å². The van der Waals surface area contributed by atoms with Gasteiger partial charge in [0.05, 0.1) is 5.52 Å². The molecule has 0 saturated heterocycles. The highest BCUT2D eigenvalue weighted by Crippen LogP contribution is 2.13. The predicted molar refractivity (Wildman–Crippen MR) is 59.0 cm³/mol. The molecule has 16 heavy (non-hydrogen) atoms. The number of rotatable bonds is 2. The Bertz CT molecular complexity index is 595. The molecule has 1 heterocycles. The van der Waals surface area contributed by atoms with Gasteiger partial charge < -0.3 is 9.73 Å². The molecule has 2 rings (SSSR count). The van der Waals surface area contributed by atoms with Crippen LogP contribution in [0.3, 0.4) is 0 Å². The maximum Gasteiger partial charge on any atom is 0.419 e. The molecule has 0 radical (unpaired) electrons. The standard InChI is InChI=1S/C11H12N2O3/c1-7(14)12-6-8-3-4-10-9(5-8)13(2)11(15)16-10/h3-5H,6H2,1-2H3,(H,12,14). The van der Waals surface area contributed by atoms with Gasteiger partial charge in [-0.2, -0.15) is 0 Å². The van der Waals surface area contributed by atoms with Crippen molar-refractivity contribution >= 4 is 17.0 Å². The fourth-order valence-corrected chi connectivity index (χ4v) is 1.51. The monoisotopic (exact) mass is 220 g/mol. The molecule has 0 aliphatic heterocycles. The first kappa shape index (κ1) is 10.5. The van der Waals surface area contributed by atoms with Crippen molar-refractivity contribution in [1.82, 2.24) is 9.88 Å². The summed E-state index contributed by atoms with van der Waals surface area (Å²) >= 11 is 0. The van der Waals surface area contributed by atoms with Crippen LogP contribution in [-0.2, 0) is 18.4 Å². The number of fused-ring (bicyclic) bond motifs is 1. The van der Waals surface area contributed by atoms with Crippen LogP contribution in [-0.4, -0.2) is 10.5 Å². The molecule has 5 heteroatoms.